The van der Waals surface area contributed by atoms with E-state index in [-0.39, 0.29) is 5.91 Å². The average molecular weight is 298 g/mol. The molecule has 0 radical (unpaired) electrons. The number of amides is 1. The molecule has 1 amide bonds. The summed E-state index contributed by atoms with van der Waals surface area (Å²) in [5.74, 6) is 0.0880. The summed E-state index contributed by atoms with van der Waals surface area (Å²) < 4.78 is 0. The van der Waals surface area contributed by atoms with Gasteiger partial charge >= 0.3 is 0 Å². The SMILES string of the molecule is CC[NH+]1CC[NH+](CCC(=O)Nc2ccc(Cl)cc2)CC1. The van der Waals surface area contributed by atoms with Crippen molar-refractivity contribution in [3.63, 3.8) is 0 Å². The number of nitrogens with one attached hydrogen (secondary N) is 3. The maximum absolute atomic E-state index is 11.9. The van der Waals surface area contributed by atoms with E-state index in [0.29, 0.717) is 11.4 Å². The Balaban J connectivity index is 1.69. The summed E-state index contributed by atoms with van der Waals surface area (Å²) in [7, 11) is 0. The number of piperazine rings is 1. The average Bonchev–Trinajstić information content (AvgIpc) is 2.48. The lowest BCUT2D eigenvalue weighted by atomic mass is 10.2. The summed E-state index contributed by atoms with van der Waals surface area (Å²) in [5, 5.41) is 3.60. The van der Waals surface area contributed by atoms with Gasteiger partial charge in [0, 0.05) is 10.7 Å². The standard InChI is InChI=1S/C15H22ClN3O/c1-2-18-9-11-19(12-10-18)8-7-15(20)17-14-5-3-13(16)4-6-14/h3-6H,2,7-12H2,1H3,(H,17,20)/p+2. The molecule has 1 aliphatic heterocycles. The summed E-state index contributed by atoms with van der Waals surface area (Å²) in [4.78, 5) is 15.1. The fourth-order valence-corrected chi connectivity index (χ4v) is 2.73. The molecule has 1 aromatic rings. The summed E-state index contributed by atoms with van der Waals surface area (Å²) >= 11 is 5.82. The van der Waals surface area contributed by atoms with Crippen LogP contribution in [0.25, 0.3) is 0 Å². The molecule has 1 fully saturated rings. The zero-order chi connectivity index (χ0) is 14.4. The predicted molar refractivity (Wildman–Crippen MR) is 81.5 cm³/mol. The van der Waals surface area contributed by atoms with Crippen LogP contribution in [0.4, 0.5) is 5.69 Å². The molecule has 2 rings (SSSR count). The van der Waals surface area contributed by atoms with Crippen molar-refractivity contribution in [3.05, 3.63) is 29.3 Å². The number of hydrogen-bond donors (Lipinski definition) is 3. The number of carbonyl (C=O) groups excluding carboxylic acids is 1. The van der Waals surface area contributed by atoms with Gasteiger partial charge in [-0.2, -0.15) is 0 Å². The number of benzene rings is 1. The van der Waals surface area contributed by atoms with Gasteiger partial charge in [-0.3, -0.25) is 4.79 Å². The fourth-order valence-electron chi connectivity index (χ4n) is 2.61. The van der Waals surface area contributed by atoms with Gasteiger partial charge in [-0.05, 0) is 31.2 Å². The summed E-state index contributed by atoms with van der Waals surface area (Å²) in [6.07, 6.45) is 0.583. The van der Waals surface area contributed by atoms with Gasteiger partial charge in [0.2, 0.25) is 5.91 Å². The van der Waals surface area contributed by atoms with E-state index in [9.17, 15) is 4.79 Å². The lowest BCUT2D eigenvalue weighted by Gasteiger charge is -2.28. The zero-order valence-corrected chi connectivity index (χ0v) is 12.8. The molecule has 1 aromatic carbocycles. The third-order valence-corrected chi connectivity index (χ3v) is 4.25. The molecule has 1 heterocycles. The van der Waals surface area contributed by atoms with E-state index >= 15 is 0 Å². The van der Waals surface area contributed by atoms with Gasteiger partial charge in [-0.1, -0.05) is 11.6 Å². The van der Waals surface area contributed by atoms with Crippen molar-refractivity contribution in [1.29, 1.82) is 0 Å². The summed E-state index contributed by atoms with van der Waals surface area (Å²) in [6.45, 7) is 9.19. The highest BCUT2D eigenvalue weighted by Gasteiger charge is 2.21. The third-order valence-electron chi connectivity index (χ3n) is 4.00. The van der Waals surface area contributed by atoms with Crippen molar-refractivity contribution in [2.45, 2.75) is 13.3 Å². The van der Waals surface area contributed by atoms with Gasteiger partial charge in [-0.15, -0.1) is 0 Å². The van der Waals surface area contributed by atoms with E-state index in [2.05, 4.69) is 12.2 Å². The molecule has 1 aliphatic rings. The predicted octanol–water partition coefficient (Wildman–Crippen LogP) is -0.528. The van der Waals surface area contributed by atoms with Gasteiger partial charge in [-0.25, -0.2) is 0 Å². The van der Waals surface area contributed by atoms with E-state index in [4.69, 9.17) is 11.6 Å². The lowest BCUT2D eigenvalue weighted by Crippen LogP contribution is -3.28. The van der Waals surface area contributed by atoms with E-state index in [1.807, 2.05) is 12.1 Å². The van der Waals surface area contributed by atoms with Gasteiger partial charge in [0.25, 0.3) is 0 Å². The molecule has 4 nitrogen and oxygen atoms in total. The number of anilines is 1. The Labute approximate surface area is 125 Å². The number of rotatable bonds is 5. The van der Waals surface area contributed by atoms with Gasteiger partial charge in [0.1, 0.15) is 26.2 Å². The number of quaternary nitrogens is 2. The lowest BCUT2D eigenvalue weighted by molar-refractivity contribution is -1.01. The molecule has 0 aromatic heterocycles. The van der Waals surface area contributed by atoms with Crippen LogP contribution in [0, 0.1) is 0 Å². The Morgan fingerprint density at radius 1 is 1.15 bits per heavy atom. The monoisotopic (exact) mass is 297 g/mol. The molecule has 0 spiro atoms. The zero-order valence-electron chi connectivity index (χ0n) is 12.0. The molecule has 0 aliphatic carbocycles. The summed E-state index contributed by atoms with van der Waals surface area (Å²) in [6, 6.07) is 7.23. The van der Waals surface area contributed by atoms with Crippen molar-refractivity contribution in [2.75, 3.05) is 44.6 Å². The topological polar surface area (TPSA) is 38.0 Å². The minimum absolute atomic E-state index is 0.0880. The van der Waals surface area contributed by atoms with Crippen molar-refractivity contribution >= 4 is 23.2 Å². The van der Waals surface area contributed by atoms with Crippen LogP contribution in [0.1, 0.15) is 13.3 Å². The van der Waals surface area contributed by atoms with Crippen LogP contribution >= 0.6 is 11.6 Å². The number of hydrogen-bond acceptors (Lipinski definition) is 1. The third kappa shape index (κ3) is 4.78. The van der Waals surface area contributed by atoms with Crippen LogP contribution in [0.2, 0.25) is 5.02 Å². The molecule has 110 valence electrons. The maximum Gasteiger partial charge on any atom is 0.230 e. The molecule has 1 saturated heterocycles. The first-order chi connectivity index (χ1) is 9.67. The molecular weight excluding hydrogens is 274 g/mol. The van der Waals surface area contributed by atoms with E-state index in [0.717, 1.165) is 12.2 Å². The van der Waals surface area contributed by atoms with Crippen LogP contribution in [0.3, 0.4) is 0 Å². The van der Waals surface area contributed by atoms with Crippen molar-refractivity contribution < 1.29 is 14.6 Å². The van der Waals surface area contributed by atoms with Crippen LogP contribution in [-0.4, -0.2) is 45.2 Å². The van der Waals surface area contributed by atoms with Gasteiger partial charge < -0.3 is 15.1 Å². The van der Waals surface area contributed by atoms with Crippen LogP contribution in [0.5, 0.6) is 0 Å². The van der Waals surface area contributed by atoms with E-state index in [1.165, 1.54) is 32.7 Å². The fraction of sp³-hybridized carbons (Fsp3) is 0.533. The second kappa shape index (κ2) is 7.62. The highest BCUT2D eigenvalue weighted by molar-refractivity contribution is 6.30. The largest absolute Gasteiger partial charge is 0.326 e. The van der Waals surface area contributed by atoms with Crippen molar-refractivity contribution in [1.82, 2.24) is 0 Å². The highest BCUT2D eigenvalue weighted by atomic mass is 35.5. The second-order valence-corrected chi connectivity index (χ2v) is 5.85. The molecular formula is C15H24ClN3O+2. The quantitative estimate of drug-likeness (QED) is 0.672. The first-order valence-electron chi connectivity index (χ1n) is 7.40. The minimum Gasteiger partial charge on any atom is -0.326 e. The number of carbonyl (C=O) groups is 1. The molecule has 0 unspecified atom stereocenters. The normalized spacial score (nSPS) is 22.5. The van der Waals surface area contributed by atoms with Crippen LogP contribution < -0.4 is 15.1 Å². The Morgan fingerprint density at radius 3 is 2.35 bits per heavy atom. The maximum atomic E-state index is 11.9. The Morgan fingerprint density at radius 2 is 1.75 bits per heavy atom. The van der Waals surface area contributed by atoms with Crippen LogP contribution in [-0.2, 0) is 4.79 Å². The first-order valence-corrected chi connectivity index (χ1v) is 7.77. The first kappa shape index (κ1) is 15.3. The Kier molecular flexibility index (Phi) is 5.83. The van der Waals surface area contributed by atoms with Crippen molar-refractivity contribution in [2.24, 2.45) is 0 Å². The van der Waals surface area contributed by atoms with E-state index < -0.39 is 0 Å². The molecule has 0 atom stereocenters. The number of likely N-dealkylation sites (N-methyl/N-ethyl adjacent to an activating group) is 1. The summed E-state index contributed by atoms with van der Waals surface area (Å²) in [5.41, 5.74) is 0.814. The smallest absolute Gasteiger partial charge is 0.230 e. The van der Waals surface area contributed by atoms with Gasteiger partial charge in [0.15, 0.2) is 0 Å². The van der Waals surface area contributed by atoms with E-state index in [1.54, 1.807) is 21.9 Å². The molecule has 20 heavy (non-hydrogen) atoms. The Hall–Kier alpha value is -1.10. The molecule has 3 N–H and O–H groups in total. The van der Waals surface area contributed by atoms with Crippen molar-refractivity contribution in [3.8, 4) is 0 Å². The molecule has 5 heteroatoms. The highest BCUT2D eigenvalue weighted by Crippen LogP contribution is 2.13. The van der Waals surface area contributed by atoms with Gasteiger partial charge in [0.05, 0.1) is 19.5 Å². The minimum atomic E-state index is 0.0880. The van der Waals surface area contributed by atoms with Crippen LogP contribution in [0.15, 0.2) is 24.3 Å². The molecule has 0 bridgehead atoms. The molecule has 0 saturated carbocycles. The Bertz CT molecular complexity index is 427. The number of halogens is 1. The second-order valence-electron chi connectivity index (χ2n) is 5.41.